The number of alkyl carbamates (subject to hydrolysis) is 1. The summed E-state index contributed by atoms with van der Waals surface area (Å²) in [4.78, 5) is 32.5. The Hall–Kier alpha value is -2.51. The lowest BCUT2D eigenvalue weighted by molar-refractivity contribution is 0.0601. The standard InChI is InChI=1S/C25H36N3O9PS/c1-18(2)15-28(39(33,34)22-10-8-20(26)9-11-22)16-24(37-38(30,31)32)23(14-19-6-4-3-5-7-19)27-25(29)36-21-12-13-35-17-21/h3-11,18,21,23-24H,12-17,26H2,1-2H3,(H,27,29)(H2,30,31,32)/t21-,23-,24+/m0/s1/i14D2,16D,23D/t16?,21-,23-,24+. The van der Waals surface area contributed by atoms with Crippen molar-refractivity contribution in [1.29, 1.82) is 0 Å². The molecule has 5 N–H and O–H groups in total. The normalized spacial score (nSPS) is 21.2. The lowest BCUT2D eigenvalue weighted by atomic mass is 10.0. The van der Waals surface area contributed by atoms with Crippen LogP contribution in [0.2, 0.25) is 0 Å². The van der Waals surface area contributed by atoms with Crippen LogP contribution in [0.15, 0.2) is 59.5 Å². The lowest BCUT2D eigenvalue weighted by Crippen LogP contribution is -2.52. The number of nitrogen functional groups attached to an aromatic ring is 1. The molecule has 2 aromatic rings. The first-order chi connectivity index (χ1) is 19.9. The number of nitrogens with two attached hydrogens (primary N) is 1. The molecule has 0 spiro atoms. The van der Waals surface area contributed by atoms with Crippen molar-refractivity contribution in [2.24, 2.45) is 5.92 Å². The van der Waals surface area contributed by atoms with Crippen LogP contribution in [0, 0.1) is 5.92 Å². The second kappa shape index (κ2) is 13.7. The van der Waals surface area contributed by atoms with E-state index in [0.717, 1.165) is 0 Å². The Balaban J connectivity index is 2.21. The Labute approximate surface area is 234 Å². The zero-order chi connectivity index (χ0) is 32.2. The highest BCUT2D eigenvalue weighted by atomic mass is 32.2. The molecule has 12 nitrogen and oxygen atoms in total. The van der Waals surface area contributed by atoms with E-state index in [2.05, 4.69) is 0 Å². The number of sulfonamides is 1. The number of carbonyl (C=O) groups is 1. The molecule has 1 amide bonds. The van der Waals surface area contributed by atoms with Gasteiger partial charge in [-0.05, 0) is 42.1 Å². The first-order valence-corrected chi connectivity index (χ1v) is 15.0. The summed E-state index contributed by atoms with van der Waals surface area (Å²) in [6.07, 6.45) is -7.50. The topological polar surface area (TPSA) is 178 Å². The molecule has 1 heterocycles. The fourth-order valence-corrected chi connectivity index (χ4v) is 5.55. The highest BCUT2D eigenvalue weighted by Crippen LogP contribution is 2.39. The van der Waals surface area contributed by atoms with E-state index in [0.29, 0.717) is 10.7 Å². The van der Waals surface area contributed by atoms with E-state index < -0.39 is 67.5 Å². The number of phosphoric acid groups is 1. The first-order valence-electron chi connectivity index (χ1n) is 14.1. The third-order valence-corrected chi connectivity index (χ3v) is 7.58. The maximum atomic E-state index is 13.8. The second-order valence-electron chi connectivity index (χ2n) is 9.12. The first kappa shape index (κ1) is 25.5. The molecule has 1 aliphatic rings. The number of carbonyl (C=O) groups excluding carboxylic acids is 1. The lowest BCUT2D eigenvalue weighted by Gasteiger charge is -2.33. The third-order valence-electron chi connectivity index (χ3n) is 5.32. The van der Waals surface area contributed by atoms with Gasteiger partial charge in [0.15, 0.2) is 0 Å². The Kier molecular flexibility index (Phi) is 8.95. The van der Waals surface area contributed by atoms with E-state index in [4.69, 9.17) is 23.8 Å². The van der Waals surface area contributed by atoms with Crippen LogP contribution in [0.1, 0.15) is 31.3 Å². The zero-order valence-corrected chi connectivity index (χ0v) is 23.2. The Bertz CT molecular complexity index is 1390. The molecule has 0 bridgehead atoms. The molecule has 0 saturated carbocycles. The van der Waals surface area contributed by atoms with Gasteiger partial charge in [-0.1, -0.05) is 44.2 Å². The fourth-order valence-electron chi connectivity index (χ4n) is 3.57. The van der Waals surface area contributed by atoms with E-state index in [1.165, 1.54) is 48.5 Å². The van der Waals surface area contributed by atoms with E-state index in [1.807, 2.05) is 5.32 Å². The summed E-state index contributed by atoms with van der Waals surface area (Å²) in [7, 11) is -10.3. The molecule has 0 radical (unpaired) electrons. The van der Waals surface area contributed by atoms with E-state index in [9.17, 15) is 28.9 Å². The van der Waals surface area contributed by atoms with Crippen LogP contribution < -0.4 is 11.1 Å². The number of hydrogen-bond acceptors (Lipinski definition) is 8. The highest BCUT2D eigenvalue weighted by molar-refractivity contribution is 7.89. The summed E-state index contributed by atoms with van der Waals surface area (Å²) in [5.74, 6) is -0.460. The molecule has 4 atom stereocenters. The van der Waals surface area contributed by atoms with Crippen LogP contribution >= 0.6 is 7.82 Å². The molecule has 1 saturated heterocycles. The Morgan fingerprint density at radius 3 is 2.49 bits per heavy atom. The third kappa shape index (κ3) is 9.87. The second-order valence-corrected chi connectivity index (χ2v) is 12.2. The molecule has 216 valence electrons. The summed E-state index contributed by atoms with van der Waals surface area (Å²) in [5.41, 5.74) is 5.70. The van der Waals surface area contributed by atoms with Gasteiger partial charge in [0.05, 0.1) is 25.5 Å². The number of nitrogens with one attached hydrogen (secondary N) is 1. The van der Waals surface area contributed by atoms with Gasteiger partial charge in [-0.15, -0.1) is 0 Å². The molecule has 14 heteroatoms. The number of anilines is 1. The molecule has 1 unspecified atom stereocenters. The number of phosphoric ester groups is 1. The average molecular weight is 590 g/mol. The smallest absolute Gasteiger partial charge is 0.444 e. The monoisotopic (exact) mass is 589 g/mol. The molecule has 3 rings (SSSR count). The number of hydrogen-bond donors (Lipinski definition) is 4. The van der Waals surface area contributed by atoms with E-state index >= 15 is 0 Å². The van der Waals surface area contributed by atoms with Gasteiger partial charge in [0.1, 0.15) is 12.2 Å². The average Bonchev–Trinajstić information content (AvgIpc) is 3.42. The number of benzene rings is 2. The van der Waals surface area contributed by atoms with Crippen molar-refractivity contribution >= 4 is 29.6 Å². The predicted molar refractivity (Wildman–Crippen MR) is 144 cm³/mol. The maximum Gasteiger partial charge on any atom is 0.469 e. The van der Waals surface area contributed by atoms with Crippen LogP contribution in [0.5, 0.6) is 0 Å². The van der Waals surface area contributed by atoms with Crippen LogP contribution in [0.3, 0.4) is 0 Å². The summed E-state index contributed by atoms with van der Waals surface area (Å²) in [6, 6.07) is 8.59. The Morgan fingerprint density at radius 2 is 1.92 bits per heavy atom. The van der Waals surface area contributed by atoms with Crippen molar-refractivity contribution in [3.8, 4) is 0 Å². The SMILES string of the molecule is [2H]C([C@@H](OP(=O)(O)O)[C@@]([2H])(NC(=O)O[C@H]1CCOC1)C([2H])([2H])c1ccccc1)N(CC(C)C)S(=O)(=O)c1ccc(N)cc1. The summed E-state index contributed by atoms with van der Waals surface area (Å²) in [6.45, 7) is 0.747. The number of amides is 1. The minimum absolute atomic E-state index is 0.0233. The van der Waals surface area contributed by atoms with Gasteiger partial charge in [-0.25, -0.2) is 17.8 Å². The van der Waals surface area contributed by atoms with Crippen molar-refractivity contribution in [3.05, 3.63) is 60.2 Å². The van der Waals surface area contributed by atoms with Crippen LogP contribution in [-0.4, -0.2) is 73.1 Å². The fraction of sp³-hybridized carbons (Fsp3) is 0.480. The maximum absolute atomic E-state index is 13.8. The predicted octanol–water partition coefficient (Wildman–Crippen LogP) is 2.52. The van der Waals surface area contributed by atoms with E-state index in [1.54, 1.807) is 19.9 Å². The van der Waals surface area contributed by atoms with Gasteiger partial charge < -0.3 is 30.3 Å². The van der Waals surface area contributed by atoms with Crippen molar-refractivity contribution in [2.75, 3.05) is 32.0 Å². The number of ether oxygens (including phenoxy) is 2. The van der Waals surface area contributed by atoms with Gasteiger partial charge in [0, 0.05) is 29.3 Å². The summed E-state index contributed by atoms with van der Waals surface area (Å²) >= 11 is 0. The minimum atomic E-state index is -5.67. The number of rotatable bonds is 13. The molecular formula is C25H36N3O9PS. The number of nitrogens with zero attached hydrogens (tertiary/aromatic N) is 1. The molecule has 1 aliphatic heterocycles. The largest absolute Gasteiger partial charge is 0.469 e. The molecule has 0 aliphatic carbocycles. The van der Waals surface area contributed by atoms with Gasteiger partial charge in [0.25, 0.3) is 0 Å². The molecular weight excluding hydrogens is 549 g/mol. The zero-order valence-electron chi connectivity index (χ0n) is 25.5. The van der Waals surface area contributed by atoms with Gasteiger partial charge in [-0.3, -0.25) is 4.52 Å². The quantitative estimate of drug-likeness (QED) is 0.200. The highest BCUT2D eigenvalue weighted by Gasteiger charge is 2.37. The van der Waals surface area contributed by atoms with Crippen molar-refractivity contribution in [2.45, 2.75) is 49.8 Å². The molecule has 39 heavy (non-hydrogen) atoms. The van der Waals surface area contributed by atoms with Crippen LogP contribution in [0.4, 0.5) is 10.5 Å². The minimum Gasteiger partial charge on any atom is -0.444 e. The van der Waals surface area contributed by atoms with Crippen molar-refractivity contribution in [1.82, 2.24) is 9.62 Å². The van der Waals surface area contributed by atoms with Crippen molar-refractivity contribution in [3.63, 3.8) is 0 Å². The molecule has 2 aromatic carbocycles. The van der Waals surface area contributed by atoms with Crippen LogP contribution in [-0.2, 0) is 35.0 Å². The summed E-state index contributed by atoms with van der Waals surface area (Å²) in [5, 5.41) is 2.02. The van der Waals surface area contributed by atoms with Gasteiger partial charge in [-0.2, -0.15) is 4.31 Å². The van der Waals surface area contributed by atoms with Gasteiger partial charge in [0.2, 0.25) is 10.0 Å². The molecule has 0 aromatic heterocycles. The summed E-state index contributed by atoms with van der Waals surface area (Å²) < 4.78 is 92.0. The van der Waals surface area contributed by atoms with Gasteiger partial charge >= 0.3 is 13.9 Å². The Morgan fingerprint density at radius 1 is 1.26 bits per heavy atom. The van der Waals surface area contributed by atoms with Crippen molar-refractivity contribution < 1.29 is 47.0 Å². The molecule has 1 fully saturated rings. The van der Waals surface area contributed by atoms with Crippen LogP contribution in [0.25, 0.3) is 0 Å². The van der Waals surface area contributed by atoms with E-state index in [-0.39, 0.29) is 29.4 Å².